The Labute approximate surface area is 316 Å². The van der Waals surface area contributed by atoms with Crippen LogP contribution in [-0.2, 0) is 17.8 Å². The first-order valence-corrected chi connectivity index (χ1v) is 18.6. The van der Waals surface area contributed by atoms with Gasteiger partial charge in [-0.25, -0.2) is 18.6 Å². The number of amides is 3. The number of urea groups is 1. The van der Waals surface area contributed by atoms with Gasteiger partial charge in [-0.05, 0) is 85.0 Å². The molecule has 0 radical (unpaired) electrons. The first-order valence-electron chi connectivity index (χ1n) is 18.6. The zero-order valence-electron chi connectivity index (χ0n) is 30.2. The Hall–Kier alpha value is -5.95. The van der Waals surface area contributed by atoms with Crippen LogP contribution in [-0.4, -0.2) is 69.1 Å². The number of hydrogen-bond acceptors (Lipinski definition) is 7. The van der Waals surface area contributed by atoms with E-state index < -0.39 is 23.0 Å². The molecule has 0 spiro atoms. The molecule has 2 aliphatic heterocycles. The maximum Gasteiger partial charge on any atom is 0.320 e. The molecule has 282 valence electrons. The molecule has 8 rings (SSSR count). The fraction of sp³-hybridized carbons (Fsp3) is 0.310. The third-order valence-corrected chi connectivity index (χ3v) is 10.6. The molecule has 1 saturated carbocycles. The van der Waals surface area contributed by atoms with Crippen LogP contribution in [0, 0.1) is 23.5 Å². The minimum absolute atomic E-state index is 0.0661. The van der Waals surface area contributed by atoms with Crippen molar-refractivity contribution in [2.75, 3.05) is 43.9 Å². The lowest BCUT2D eigenvalue weighted by Gasteiger charge is -2.27. The molecule has 2 aromatic carbocycles. The molecule has 3 aromatic heterocycles. The van der Waals surface area contributed by atoms with E-state index in [1.807, 2.05) is 34.1 Å². The van der Waals surface area contributed by atoms with Crippen molar-refractivity contribution in [3.63, 3.8) is 0 Å². The van der Waals surface area contributed by atoms with Crippen LogP contribution in [0.3, 0.4) is 0 Å². The summed E-state index contributed by atoms with van der Waals surface area (Å²) >= 11 is 0. The highest BCUT2D eigenvalue weighted by molar-refractivity contribution is 6.04. The Bertz CT molecular complexity index is 2290. The van der Waals surface area contributed by atoms with Crippen LogP contribution in [0.15, 0.2) is 90.2 Å². The van der Waals surface area contributed by atoms with E-state index in [0.717, 1.165) is 74.9 Å². The second kappa shape index (κ2) is 15.4. The van der Waals surface area contributed by atoms with Crippen LogP contribution in [0.1, 0.15) is 41.6 Å². The lowest BCUT2D eigenvalue weighted by molar-refractivity contribution is 0.0579. The lowest BCUT2D eigenvalue weighted by atomic mass is 9.99. The summed E-state index contributed by atoms with van der Waals surface area (Å²) in [5.74, 6) is -0.825. The van der Waals surface area contributed by atoms with Gasteiger partial charge in [-0.1, -0.05) is 24.3 Å². The van der Waals surface area contributed by atoms with Gasteiger partial charge in [0.2, 0.25) is 5.43 Å². The summed E-state index contributed by atoms with van der Waals surface area (Å²) in [5, 5.41) is 2.66. The molecule has 3 fully saturated rings. The van der Waals surface area contributed by atoms with E-state index >= 15 is 4.39 Å². The molecule has 13 heteroatoms. The van der Waals surface area contributed by atoms with E-state index in [0.29, 0.717) is 37.0 Å². The molecular formula is C42H41F2N7O4. The summed E-state index contributed by atoms with van der Waals surface area (Å²) in [6, 6.07) is 16.5. The Morgan fingerprint density at radius 3 is 2.29 bits per heavy atom. The van der Waals surface area contributed by atoms with Gasteiger partial charge < -0.3 is 30.2 Å². The summed E-state index contributed by atoms with van der Waals surface area (Å²) in [6.07, 6.45) is 9.86. The van der Waals surface area contributed by atoms with Crippen LogP contribution in [0.5, 0.6) is 0 Å². The standard InChI is InChI=1S/C42H41F2N7O4/c43-31-7-10-38(46-20-31)35-24-49(21-26-1-2-26)25-36(39(35)52)41(53)48-32-8-9-33(37(44)18-32)34-17-30(19-47-40(34)45)29-5-3-27(4-6-29)22-50-13-14-51(42(50)54)23-28-11-15-55-16-12-28/h3-10,17-20,24-26,28H,1-2,11-16,21-23H2,(H2,45,47)(H,48,53). The monoisotopic (exact) mass is 745 g/mol. The topological polar surface area (TPSA) is 136 Å². The normalized spacial score (nSPS) is 16.1. The molecule has 3 amide bonds. The van der Waals surface area contributed by atoms with Crippen molar-refractivity contribution in [2.45, 2.75) is 38.8 Å². The molecule has 55 heavy (non-hydrogen) atoms. The summed E-state index contributed by atoms with van der Waals surface area (Å²) in [7, 11) is 0. The quantitative estimate of drug-likeness (QED) is 0.151. The van der Waals surface area contributed by atoms with Crippen LogP contribution < -0.4 is 16.5 Å². The zero-order valence-corrected chi connectivity index (χ0v) is 30.2. The molecule has 1 aliphatic carbocycles. The molecule has 3 aliphatic rings. The van der Waals surface area contributed by atoms with Crippen LogP contribution in [0.25, 0.3) is 33.5 Å². The number of nitrogen functional groups attached to an aromatic ring is 1. The van der Waals surface area contributed by atoms with Crippen LogP contribution in [0.4, 0.5) is 25.1 Å². The van der Waals surface area contributed by atoms with Gasteiger partial charge in [-0.2, -0.15) is 0 Å². The summed E-state index contributed by atoms with van der Waals surface area (Å²) in [4.78, 5) is 52.3. The molecule has 0 bridgehead atoms. The first-order chi connectivity index (χ1) is 26.7. The number of anilines is 2. The van der Waals surface area contributed by atoms with Crippen molar-refractivity contribution in [2.24, 2.45) is 11.8 Å². The number of nitrogens with two attached hydrogens (primary N) is 1. The van der Waals surface area contributed by atoms with Crippen molar-refractivity contribution in [3.05, 3.63) is 118 Å². The number of carbonyl (C=O) groups is 2. The molecule has 5 aromatic rings. The third kappa shape index (κ3) is 8.12. The molecule has 0 unspecified atom stereocenters. The maximum atomic E-state index is 15.8. The molecular weight excluding hydrogens is 705 g/mol. The van der Waals surface area contributed by atoms with Gasteiger partial charge in [0.15, 0.2) is 0 Å². The largest absolute Gasteiger partial charge is 0.383 e. The fourth-order valence-corrected chi connectivity index (χ4v) is 7.29. The van der Waals surface area contributed by atoms with Crippen LogP contribution >= 0.6 is 0 Å². The minimum atomic E-state index is -0.710. The minimum Gasteiger partial charge on any atom is -0.383 e. The predicted molar refractivity (Wildman–Crippen MR) is 205 cm³/mol. The predicted octanol–water partition coefficient (Wildman–Crippen LogP) is 6.83. The highest BCUT2D eigenvalue weighted by Crippen LogP contribution is 2.34. The maximum absolute atomic E-state index is 15.8. The Kier molecular flexibility index (Phi) is 10.1. The van der Waals surface area contributed by atoms with Crippen molar-refractivity contribution in [3.8, 4) is 33.5 Å². The third-order valence-electron chi connectivity index (χ3n) is 10.6. The number of nitrogens with one attached hydrogen (secondary N) is 1. The van der Waals surface area contributed by atoms with Crippen molar-refractivity contribution in [1.29, 1.82) is 0 Å². The fourth-order valence-electron chi connectivity index (χ4n) is 7.29. The van der Waals surface area contributed by atoms with Gasteiger partial charge in [-0.3, -0.25) is 14.6 Å². The van der Waals surface area contributed by atoms with E-state index in [-0.39, 0.29) is 39.9 Å². The van der Waals surface area contributed by atoms with Crippen molar-refractivity contribution < 1.29 is 23.1 Å². The highest BCUT2D eigenvalue weighted by Gasteiger charge is 2.31. The number of pyridine rings is 3. The van der Waals surface area contributed by atoms with Gasteiger partial charge in [0.05, 0.1) is 17.5 Å². The zero-order chi connectivity index (χ0) is 38.1. The van der Waals surface area contributed by atoms with E-state index in [9.17, 15) is 18.8 Å². The number of benzene rings is 2. The van der Waals surface area contributed by atoms with Gasteiger partial charge in [0, 0.05) is 86.9 Å². The van der Waals surface area contributed by atoms with E-state index in [2.05, 4.69) is 15.3 Å². The number of ether oxygens (including phenoxy) is 1. The summed E-state index contributed by atoms with van der Waals surface area (Å²) in [5.41, 5.74) is 9.24. The molecule has 11 nitrogen and oxygen atoms in total. The number of aromatic nitrogens is 3. The average Bonchev–Trinajstić information content (AvgIpc) is 3.95. The summed E-state index contributed by atoms with van der Waals surface area (Å²) in [6.45, 7) is 4.84. The molecule has 3 N–H and O–H groups in total. The Morgan fingerprint density at radius 2 is 1.56 bits per heavy atom. The van der Waals surface area contributed by atoms with E-state index in [4.69, 9.17) is 10.5 Å². The van der Waals surface area contributed by atoms with Gasteiger partial charge in [-0.15, -0.1) is 0 Å². The van der Waals surface area contributed by atoms with Crippen molar-refractivity contribution in [1.82, 2.24) is 24.3 Å². The van der Waals surface area contributed by atoms with Gasteiger partial charge >= 0.3 is 6.03 Å². The smallest absolute Gasteiger partial charge is 0.320 e. The molecule has 5 heterocycles. The Balaban J connectivity index is 0.961. The second-order valence-corrected chi connectivity index (χ2v) is 14.6. The lowest BCUT2D eigenvalue weighted by Crippen LogP contribution is -2.36. The molecule has 2 saturated heterocycles. The second-order valence-electron chi connectivity index (χ2n) is 14.6. The van der Waals surface area contributed by atoms with E-state index in [1.165, 1.54) is 36.5 Å². The SMILES string of the molecule is Nc1ncc(-c2ccc(CN3CCN(CC4CCOCC4)C3=O)cc2)cc1-c1ccc(NC(=O)c2cn(CC3CC3)cc(-c3ccc(F)cn3)c2=O)cc1F. The molecule has 0 atom stereocenters. The van der Waals surface area contributed by atoms with Gasteiger partial charge in [0.25, 0.3) is 5.91 Å². The Morgan fingerprint density at radius 1 is 0.800 bits per heavy atom. The number of carbonyl (C=O) groups excluding carboxylic acids is 2. The number of hydrogen-bond donors (Lipinski definition) is 2. The van der Waals surface area contributed by atoms with Crippen molar-refractivity contribution >= 4 is 23.4 Å². The summed E-state index contributed by atoms with van der Waals surface area (Å²) < 4.78 is 36.6. The first kappa shape index (κ1) is 36.0. The number of halogens is 2. The number of rotatable bonds is 11. The van der Waals surface area contributed by atoms with Gasteiger partial charge in [0.1, 0.15) is 23.0 Å². The average molecular weight is 746 g/mol. The van der Waals surface area contributed by atoms with Crippen LogP contribution in [0.2, 0.25) is 0 Å². The van der Waals surface area contributed by atoms with E-state index in [1.54, 1.807) is 23.0 Å². The number of nitrogens with zero attached hydrogens (tertiary/aromatic N) is 5. The highest BCUT2D eigenvalue weighted by atomic mass is 19.1.